The number of amides is 3. The van der Waals surface area contributed by atoms with Crippen molar-refractivity contribution in [3.8, 4) is 16.9 Å². The molecule has 3 aliphatic heterocycles. The number of aromatic nitrogens is 5. The average molecular weight is 830 g/mol. The molecule has 2 N–H and O–H groups in total. The number of imide groups is 1. The smallest absolute Gasteiger partial charge is 0.410 e. The van der Waals surface area contributed by atoms with Crippen LogP contribution in [-0.4, -0.2) is 96.9 Å². The number of halogens is 1. The molecule has 9 rings (SSSR count). The number of hydrogen-bond donors (Lipinski definition) is 2. The van der Waals surface area contributed by atoms with E-state index < -0.39 is 11.7 Å². The first-order chi connectivity index (χ1) is 29.6. The van der Waals surface area contributed by atoms with E-state index in [0.29, 0.717) is 67.8 Å². The van der Waals surface area contributed by atoms with Crippen LogP contribution in [0.5, 0.6) is 0 Å². The molecule has 3 amide bonds. The Balaban J connectivity index is 0.703. The van der Waals surface area contributed by atoms with Crippen molar-refractivity contribution in [2.45, 2.75) is 88.2 Å². The summed E-state index contributed by atoms with van der Waals surface area (Å²) in [5.41, 5.74) is 4.19. The molecule has 318 valence electrons. The molecular weight excluding hydrogens is 778 g/mol. The second-order valence-corrected chi connectivity index (χ2v) is 17.1. The van der Waals surface area contributed by atoms with Gasteiger partial charge in [-0.3, -0.25) is 28.9 Å². The number of hydrogen-bond acceptors (Lipinski definition) is 10. The van der Waals surface area contributed by atoms with Crippen molar-refractivity contribution in [3.63, 3.8) is 0 Å². The van der Waals surface area contributed by atoms with Gasteiger partial charge in [-0.25, -0.2) is 19.2 Å². The van der Waals surface area contributed by atoms with Crippen LogP contribution < -0.4 is 16.2 Å². The van der Waals surface area contributed by atoms with Gasteiger partial charge < -0.3 is 19.9 Å². The number of rotatable bonds is 9. The van der Waals surface area contributed by atoms with Crippen LogP contribution in [0.4, 0.5) is 15.1 Å². The monoisotopic (exact) mass is 829 g/mol. The number of likely N-dealkylation sites (tertiary alicyclic amines) is 2. The van der Waals surface area contributed by atoms with Gasteiger partial charge in [-0.1, -0.05) is 30.3 Å². The first-order valence-electron chi connectivity index (χ1n) is 21.7. The highest BCUT2D eigenvalue weighted by atomic mass is 19.1. The maximum absolute atomic E-state index is 15.0. The Hall–Kier alpha value is -5.96. The highest BCUT2D eigenvalue weighted by Gasteiger charge is 2.33. The molecule has 0 radical (unpaired) electrons. The number of nitrogens with zero attached hydrogens (tertiary/aromatic N) is 7. The molecular formula is C46H52FN9O5. The fourth-order valence-electron chi connectivity index (χ4n) is 9.70. The van der Waals surface area contributed by atoms with Gasteiger partial charge in [0.1, 0.15) is 11.8 Å². The Morgan fingerprint density at radius 1 is 0.902 bits per heavy atom. The number of benzene rings is 2. The minimum Gasteiger partial charge on any atom is -0.446 e. The van der Waals surface area contributed by atoms with Crippen molar-refractivity contribution < 1.29 is 23.5 Å². The fourth-order valence-corrected chi connectivity index (χ4v) is 9.70. The van der Waals surface area contributed by atoms with E-state index in [1.165, 1.54) is 16.2 Å². The molecule has 6 heterocycles. The third-order valence-electron chi connectivity index (χ3n) is 13.2. The predicted molar refractivity (Wildman–Crippen MR) is 228 cm³/mol. The zero-order valence-corrected chi connectivity index (χ0v) is 34.5. The largest absolute Gasteiger partial charge is 0.446 e. The lowest BCUT2D eigenvalue weighted by Gasteiger charge is -2.37. The SMILES string of the molecule is Cn1nc(C2CCC(=O)NC2=O)c2ccc(C3CCN(CC4CCC(OC(=O)N5CCC(Nc6ncc(F)c(-c7cccc(-n8ccccc8=O)c7)n6)CC5)CC4)CC3)cc21. The van der Waals surface area contributed by atoms with E-state index in [1.54, 1.807) is 47.5 Å². The van der Waals surface area contributed by atoms with E-state index in [2.05, 4.69) is 43.7 Å². The number of ether oxygens (including phenoxy) is 1. The van der Waals surface area contributed by atoms with Crippen molar-refractivity contribution in [3.05, 3.63) is 100 Å². The lowest BCUT2D eigenvalue weighted by molar-refractivity contribution is -0.134. The summed E-state index contributed by atoms with van der Waals surface area (Å²) in [4.78, 5) is 62.9. The first kappa shape index (κ1) is 40.4. The minimum atomic E-state index is -0.558. The van der Waals surface area contributed by atoms with E-state index >= 15 is 0 Å². The normalized spacial score (nSPS) is 22.0. The molecule has 5 aromatic rings. The summed E-state index contributed by atoms with van der Waals surface area (Å²) < 4.78 is 24.4. The van der Waals surface area contributed by atoms with E-state index in [4.69, 9.17) is 9.84 Å². The zero-order valence-electron chi connectivity index (χ0n) is 34.5. The number of fused-ring (bicyclic) bond motifs is 1. The molecule has 1 atom stereocenters. The summed E-state index contributed by atoms with van der Waals surface area (Å²) in [6.07, 6.45) is 10.7. The van der Waals surface area contributed by atoms with Gasteiger partial charge in [0.05, 0.1) is 23.3 Å². The number of aryl methyl sites for hydroxylation is 1. The standard InChI is InChI=1S/C46H52FN9O5/c1-53-39-26-31(10-13-36(39)43(52-53)37-14-15-40(57)50-44(37)59)30-16-21-54(22-17-30)28-29-8-11-35(12-9-29)61-46(60)55-23-18-33(19-24-55)49-45-48-27-38(47)42(51-45)32-5-4-6-34(25-32)56-20-3-2-7-41(56)58/h2-7,10,13,20,25-27,29-30,33,35,37H,8-9,11-12,14-19,21-24,28H2,1H3,(H,48,49,51)(H,50,57,59). The average Bonchev–Trinajstić information content (AvgIpc) is 3.60. The Morgan fingerprint density at radius 3 is 2.48 bits per heavy atom. The highest BCUT2D eigenvalue weighted by Crippen LogP contribution is 2.36. The second-order valence-electron chi connectivity index (χ2n) is 17.1. The van der Waals surface area contributed by atoms with Crippen molar-refractivity contribution >= 4 is 34.8 Å². The minimum absolute atomic E-state index is 0.0156. The van der Waals surface area contributed by atoms with Crippen LogP contribution in [0.2, 0.25) is 0 Å². The van der Waals surface area contributed by atoms with Crippen LogP contribution in [-0.2, 0) is 21.4 Å². The summed E-state index contributed by atoms with van der Waals surface area (Å²) in [5.74, 6) is -0.0599. The van der Waals surface area contributed by atoms with E-state index in [1.807, 2.05) is 11.7 Å². The maximum atomic E-state index is 15.0. The van der Waals surface area contributed by atoms with Crippen LogP contribution in [0.15, 0.2) is 77.9 Å². The summed E-state index contributed by atoms with van der Waals surface area (Å²) in [7, 11) is 1.92. The molecule has 2 aromatic carbocycles. The van der Waals surface area contributed by atoms with Crippen molar-refractivity contribution in [1.82, 2.24) is 39.4 Å². The summed E-state index contributed by atoms with van der Waals surface area (Å²) in [5, 5.41) is 11.5. The Morgan fingerprint density at radius 2 is 1.70 bits per heavy atom. The molecule has 3 saturated heterocycles. The topological polar surface area (TPSA) is 157 Å². The van der Waals surface area contributed by atoms with Gasteiger partial charge in [0, 0.05) is 68.0 Å². The van der Waals surface area contributed by atoms with Gasteiger partial charge in [0.25, 0.3) is 5.56 Å². The summed E-state index contributed by atoms with van der Waals surface area (Å²) >= 11 is 0. The van der Waals surface area contributed by atoms with E-state index in [0.717, 1.165) is 81.0 Å². The first-order valence-corrected chi connectivity index (χ1v) is 21.7. The number of piperidine rings is 3. The van der Waals surface area contributed by atoms with E-state index in [9.17, 15) is 23.6 Å². The molecule has 14 nitrogen and oxygen atoms in total. The Bertz CT molecular complexity index is 2480. The van der Waals surface area contributed by atoms with Crippen molar-refractivity contribution in [1.29, 1.82) is 0 Å². The molecule has 1 saturated carbocycles. The second kappa shape index (κ2) is 17.6. The maximum Gasteiger partial charge on any atom is 0.410 e. The predicted octanol–water partition coefficient (Wildman–Crippen LogP) is 6.29. The molecule has 1 aliphatic carbocycles. The van der Waals surface area contributed by atoms with Gasteiger partial charge in [0.2, 0.25) is 17.8 Å². The van der Waals surface area contributed by atoms with Crippen LogP contribution in [0.3, 0.4) is 0 Å². The van der Waals surface area contributed by atoms with Crippen molar-refractivity contribution in [2.24, 2.45) is 13.0 Å². The van der Waals surface area contributed by atoms with Crippen LogP contribution in [0, 0.1) is 11.7 Å². The van der Waals surface area contributed by atoms with Gasteiger partial charge in [0.15, 0.2) is 5.82 Å². The molecule has 0 bridgehead atoms. The number of nitrogens with one attached hydrogen (secondary N) is 2. The fraction of sp³-hybridized carbons (Fsp3) is 0.457. The quantitative estimate of drug-likeness (QED) is 0.162. The molecule has 61 heavy (non-hydrogen) atoms. The van der Waals surface area contributed by atoms with Crippen LogP contribution in [0.1, 0.15) is 87.3 Å². The summed E-state index contributed by atoms with van der Waals surface area (Å²) in [6, 6.07) is 18.5. The number of carbonyl (C=O) groups is 3. The molecule has 3 aromatic heterocycles. The number of anilines is 1. The lowest BCUT2D eigenvalue weighted by Crippen LogP contribution is -2.44. The van der Waals surface area contributed by atoms with E-state index in [-0.39, 0.29) is 41.3 Å². The van der Waals surface area contributed by atoms with Crippen LogP contribution >= 0.6 is 0 Å². The third kappa shape index (κ3) is 8.93. The van der Waals surface area contributed by atoms with Crippen molar-refractivity contribution in [2.75, 3.05) is 38.0 Å². The molecule has 4 aliphatic rings. The Kier molecular flexibility index (Phi) is 11.6. The highest BCUT2D eigenvalue weighted by molar-refractivity contribution is 6.02. The van der Waals surface area contributed by atoms with Gasteiger partial charge in [-0.2, -0.15) is 5.10 Å². The van der Waals surface area contributed by atoms with Gasteiger partial charge in [-0.15, -0.1) is 0 Å². The molecule has 1 unspecified atom stereocenters. The summed E-state index contributed by atoms with van der Waals surface area (Å²) in [6.45, 7) is 4.27. The van der Waals surface area contributed by atoms with Gasteiger partial charge in [-0.05, 0) is 113 Å². The zero-order chi connectivity index (χ0) is 42.0. The molecule has 4 fully saturated rings. The molecule has 0 spiro atoms. The lowest BCUT2D eigenvalue weighted by atomic mass is 9.85. The number of carbonyl (C=O) groups excluding carboxylic acids is 3. The number of pyridine rings is 1. The Labute approximate surface area is 353 Å². The van der Waals surface area contributed by atoms with Gasteiger partial charge >= 0.3 is 6.09 Å². The molecule has 15 heteroatoms. The third-order valence-corrected chi connectivity index (χ3v) is 13.2. The van der Waals surface area contributed by atoms with Crippen LogP contribution in [0.25, 0.3) is 27.8 Å².